The van der Waals surface area contributed by atoms with E-state index in [0.717, 1.165) is 22.2 Å². The molecule has 0 aliphatic rings. The van der Waals surface area contributed by atoms with E-state index in [2.05, 4.69) is 15.6 Å². The van der Waals surface area contributed by atoms with Gasteiger partial charge in [0.05, 0.1) is 23.8 Å². The molecule has 0 radical (unpaired) electrons. The smallest absolute Gasteiger partial charge is 0.242 e. The Balaban J connectivity index is 1.64. The highest BCUT2D eigenvalue weighted by molar-refractivity contribution is 5.89. The van der Waals surface area contributed by atoms with Crippen LogP contribution >= 0.6 is 0 Å². The summed E-state index contributed by atoms with van der Waals surface area (Å²) in [5.41, 5.74) is 14.2. The Kier molecular flexibility index (Phi) is 8.71. The lowest BCUT2D eigenvalue weighted by Gasteiger charge is -2.21. The lowest BCUT2D eigenvalue weighted by atomic mass is 10.0. The molecule has 0 saturated heterocycles. The van der Waals surface area contributed by atoms with Crippen LogP contribution < -0.4 is 22.1 Å². The summed E-state index contributed by atoms with van der Waals surface area (Å²) >= 11 is 0. The molecule has 0 aliphatic carbocycles. The molecule has 7 heteroatoms. The van der Waals surface area contributed by atoms with Crippen LogP contribution in [-0.4, -0.2) is 35.4 Å². The number of rotatable bonds is 11. The molecule has 3 aromatic rings. The summed E-state index contributed by atoms with van der Waals surface area (Å²) in [6, 6.07) is 20.2. The van der Waals surface area contributed by atoms with Crippen LogP contribution in [-0.2, 0) is 22.6 Å². The highest BCUT2D eigenvalue weighted by Crippen LogP contribution is 2.12. The van der Waals surface area contributed by atoms with Crippen molar-refractivity contribution in [3.05, 3.63) is 78.0 Å². The average molecular weight is 434 g/mol. The van der Waals surface area contributed by atoms with Crippen molar-refractivity contribution < 1.29 is 9.59 Å². The van der Waals surface area contributed by atoms with Crippen LogP contribution in [0.1, 0.15) is 30.5 Å². The Morgan fingerprint density at radius 1 is 0.906 bits per heavy atom. The second-order valence-electron chi connectivity index (χ2n) is 7.84. The monoisotopic (exact) mass is 433 g/mol. The van der Waals surface area contributed by atoms with Crippen LogP contribution in [0.4, 0.5) is 0 Å². The summed E-state index contributed by atoms with van der Waals surface area (Å²) in [5, 5.41) is 6.78. The van der Waals surface area contributed by atoms with Gasteiger partial charge in [-0.2, -0.15) is 0 Å². The molecule has 1 aromatic heterocycles. The van der Waals surface area contributed by atoms with Gasteiger partial charge in [0, 0.05) is 5.39 Å². The minimum Gasteiger partial charge on any atom is -0.349 e. The van der Waals surface area contributed by atoms with Gasteiger partial charge in [0.25, 0.3) is 0 Å². The zero-order valence-corrected chi connectivity index (χ0v) is 18.2. The van der Waals surface area contributed by atoms with Gasteiger partial charge in [-0.05, 0) is 49.9 Å². The van der Waals surface area contributed by atoms with Crippen molar-refractivity contribution in [1.29, 1.82) is 0 Å². The summed E-state index contributed by atoms with van der Waals surface area (Å²) in [5.74, 6) is -0.592. The van der Waals surface area contributed by atoms with Gasteiger partial charge >= 0.3 is 0 Å². The molecule has 3 rings (SSSR count). The predicted molar refractivity (Wildman–Crippen MR) is 127 cm³/mol. The van der Waals surface area contributed by atoms with Crippen molar-refractivity contribution >= 4 is 22.7 Å². The van der Waals surface area contributed by atoms with Gasteiger partial charge in [-0.15, -0.1) is 0 Å². The van der Waals surface area contributed by atoms with E-state index in [1.165, 1.54) is 0 Å². The lowest BCUT2D eigenvalue weighted by molar-refractivity contribution is -0.130. The maximum Gasteiger partial charge on any atom is 0.242 e. The molecule has 32 heavy (non-hydrogen) atoms. The molecule has 0 bridgehead atoms. The van der Waals surface area contributed by atoms with E-state index in [-0.39, 0.29) is 18.4 Å². The molecular formula is C25H31N5O2. The summed E-state index contributed by atoms with van der Waals surface area (Å²) in [6.07, 6.45) is 2.27. The van der Waals surface area contributed by atoms with Crippen molar-refractivity contribution in [3.63, 3.8) is 0 Å². The largest absolute Gasteiger partial charge is 0.349 e. The van der Waals surface area contributed by atoms with Crippen molar-refractivity contribution in [3.8, 4) is 0 Å². The quantitative estimate of drug-likeness (QED) is 0.368. The van der Waals surface area contributed by atoms with Crippen LogP contribution in [0.5, 0.6) is 0 Å². The molecule has 6 N–H and O–H groups in total. The molecule has 0 fully saturated rings. The number of aryl methyl sites for hydroxylation is 1. The van der Waals surface area contributed by atoms with Gasteiger partial charge in [0.2, 0.25) is 11.8 Å². The molecule has 0 aliphatic heterocycles. The number of para-hydroxylation sites is 1. The molecule has 0 unspecified atom stereocenters. The van der Waals surface area contributed by atoms with Crippen LogP contribution in [0.25, 0.3) is 10.9 Å². The highest BCUT2D eigenvalue weighted by atomic mass is 16.2. The first-order valence-corrected chi connectivity index (χ1v) is 11.0. The van der Waals surface area contributed by atoms with Crippen LogP contribution in [0, 0.1) is 0 Å². The van der Waals surface area contributed by atoms with Crippen LogP contribution in [0.3, 0.4) is 0 Å². The first kappa shape index (κ1) is 23.4. The summed E-state index contributed by atoms with van der Waals surface area (Å²) in [4.78, 5) is 30.1. The summed E-state index contributed by atoms with van der Waals surface area (Å²) in [6.45, 7) is 0.748. The molecule has 7 nitrogen and oxygen atoms in total. The Labute approximate surface area is 188 Å². The number of aromatic nitrogens is 1. The summed E-state index contributed by atoms with van der Waals surface area (Å²) < 4.78 is 0. The summed E-state index contributed by atoms with van der Waals surface area (Å²) in [7, 11) is 0. The normalized spacial score (nSPS) is 12.8. The maximum absolute atomic E-state index is 13.0. The average Bonchev–Trinajstić information content (AvgIpc) is 2.83. The van der Waals surface area contributed by atoms with E-state index in [0.29, 0.717) is 32.2 Å². The number of carbonyl (C=O) groups excluding carboxylic acids is 2. The number of hydrogen-bond acceptors (Lipinski definition) is 5. The Morgan fingerprint density at radius 3 is 2.44 bits per heavy atom. The third kappa shape index (κ3) is 6.87. The van der Waals surface area contributed by atoms with Gasteiger partial charge in [-0.3, -0.25) is 14.6 Å². The van der Waals surface area contributed by atoms with E-state index < -0.39 is 12.1 Å². The van der Waals surface area contributed by atoms with Gasteiger partial charge in [0.15, 0.2) is 0 Å². The fourth-order valence-electron chi connectivity index (χ4n) is 3.48. The zero-order chi connectivity index (χ0) is 22.8. The third-order valence-electron chi connectivity index (χ3n) is 5.35. The molecule has 1 heterocycles. The van der Waals surface area contributed by atoms with Crippen molar-refractivity contribution in [2.75, 3.05) is 6.54 Å². The van der Waals surface area contributed by atoms with E-state index in [4.69, 9.17) is 11.5 Å². The lowest BCUT2D eigenvalue weighted by Crippen LogP contribution is -2.51. The predicted octanol–water partition coefficient (Wildman–Crippen LogP) is 2.03. The van der Waals surface area contributed by atoms with E-state index in [1.807, 2.05) is 66.7 Å². The number of pyridine rings is 1. The first-order valence-electron chi connectivity index (χ1n) is 11.0. The molecule has 0 spiro atoms. The number of carbonyl (C=O) groups is 2. The zero-order valence-electron chi connectivity index (χ0n) is 18.2. The van der Waals surface area contributed by atoms with E-state index in [1.54, 1.807) is 0 Å². The first-order chi connectivity index (χ1) is 15.6. The number of fused-ring (bicyclic) bond motifs is 1. The van der Waals surface area contributed by atoms with Gasteiger partial charge in [-0.1, -0.05) is 54.6 Å². The third-order valence-corrected chi connectivity index (χ3v) is 5.35. The minimum atomic E-state index is -0.688. The molecule has 2 amide bonds. The topological polar surface area (TPSA) is 123 Å². The number of benzene rings is 2. The van der Waals surface area contributed by atoms with Crippen molar-refractivity contribution in [1.82, 2.24) is 15.6 Å². The minimum absolute atomic E-state index is 0.254. The van der Waals surface area contributed by atoms with Gasteiger partial charge in [0.1, 0.15) is 6.04 Å². The maximum atomic E-state index is 13.0. The number of hydrogen-bond donors (Lipinski definition) is 4. The molecule has 2 atom stereocenters. The second kappa shape index (κ2) is 11.9. The fourth-order valence-corrected chi connectivity index (χ4v) is 3.48. The SMILES string of the molecule is NCCC[C@@H](N)C(=O)N[C@H](CCc1ccccc1)C(=O)NCc1ccc2ccccc2n1. The highest BCUT2D eigenvalue weighted by Gasteiger charge is 2.23. The van der Waals surface area contributed by atoms with E-state index in [9.17, 15) is 9.59 Å². The molecule has 168 valence electrons. The molecule has 0 saturated carbocycles. The number of nitrogens with zero attached hydrogens (tertiary/aromatic N) is 1. The Morgan fingerprint density at radius 2 is 1.66 bits per heavy atom. The Hall–Kier alpha value is -3.29. The number of amides is 2. The fraction of sp³-hybridized carbons (Fsp3) is 0.320. The molecule has 2 aromatic carbocycles. The van der Waals surface area contributed by atoms with Crippen LogP contribution in [0.15, 0.2) is 66.7 Å². The van der Waals surface area contributed by atoms with Gasteiger partial charge < -0.3 is 22.1 Å². The number of nitrogens with one attached hydrogen (secondary N) is 2. The van der Waals surface area contributed by atoms with Gasteiger partial charge in [-0.25, -0.2) is 0 Å². The number of nitrogens with two attached hydrogens (primary N) is 2. The Bertz CT molecular complexity index is 1030. The molecular weight excluding hydrogens is 402 g/mol. The standard InChI is InChI=1S/C25H31N5O2/c26-16-6-10-21(27)24(31)30-23(15-12-18-7-2-1-3-8-18)25(32)28-17-20-14-13-19-9-4-5-11-22(19)29-20/h1-5,7-9,11,13-14,21,23H,6,10,12,15-17,26-27H2,(H,28,32)(H,30,31)/t21-,23-/m1/s1. The van der Waals surface area contributed by atoms with Crippen molar-refractivity contribution in [2.24, 2.45) is 11.5 Å². The van der Waals surface area contributed by atoms with Crippen molar-refractivity contribution in [2.45, 2.75) is 44.3 Å². The van der Waals surface area contributed by atoms with Crippen LogP contribution in [0.2, 0.25) is 0 Å². The van der Waals surface area contributed by atoms with E-state index >= 15 is 0 Å². The second-order valence-corrected chi connectivity index (χ2v) is 7.84.